The van der Waals surface area contributed by atoms with Crippen LogP contribution in [0.5, 0.6) is 5.75 Å². The summed E-state index contributed by atoms with van der Waals surface area (Å²) in [4.78, 5) is 0.224. The normalized spacial score (nSPS) is 19.6. The van der Waals surface area contributed by atoms with Gasteiger partial charge in [-0.1, -0.05) is 30.3 Å². The average Bonchev–Trinajstić information content (AvgIpc) is 3.44. The topological polar surface area (TPSA) is 186 Å². The van der Waals surface area contributed by atoms with Crippen molar-refractivity contribution in [3.05, 3.63) is 72.8 Å². The Morgan fingerprint density at radius 2 is 1.60 bits per heavy atom. The van der Waals surface area contributed by atoms with E-state index >= 15 is 0 Å². The molecule has 13 nitrogen and oxygen atoms in total. The second-order valence-electron chi connectivity index (χ2n) is 12.0. The molecule has 2 fully saturated rings. The van der Waals surface area contributed by atoms with E-state index in [2.05, 4.69) is 5.32 Å². The number of piperidine rings is 1. The number of rotatable bonds is 12. The van der Waals surface area contributed by atoms with E-state index in [1.165, 1.54) is 42.7 Å². The third-order valence-corrected chi connectivity index (χ3v) is 13.1. The van der Waals surface area contributed by atoms with Crippen LogP contribution in [-0.4, -0.2) is 104 Å². The first kappa shape index (κ1) is 35.4. The number of hydrogen-bond acceptors (Lipinski definition) is 10. The first-order chi connectivity index (χ1) is 22.1. The van der Waals surface area contributed by atoms with Crippen LogP contribution in [0, 0.1) is 0 Å². The maximum Gasteiger partial charge on any atom is 0.243 e. The van der Waals surface area contributed by atoms with Gasteiger partial charge in [0.15, 0.2) is 0 Å². The van der Waals surface area contributed by atoms with Gasteiger partial charge in [0.05, 0.1) is 26.9 Å². The van der Waals surface area contributed by atoms with Crippen molar-refractivity contribution >= 4 is 30.1 Å². The molecule has 1 spiro atoms. The molecule has 0 radical (unpaired) electrons. The molecule has 47 heavy (non-hydrogen) atoms. The quantitative estimate of drug-likeness (QED) is 0.250. The molecule has 4 N–H and O–H groups in total. The molecule has 3 aromatic rings. The van der Waals surface area contributed by atoms with Crippen molar-refractivity contribution in [2.75, 3.05) is 46.9 Å². The smallest absolute Gasteiger partial charge is 0.243 e. The number of aliphatic hydroxyl groups is 1. The molecule has 0 bridgehead atoms. The predicted molar refractivity (Wildman–Crippen MR) is 175 cm³/mol. The zero-order valence-corrected chi connectivity index (χ0v) is 28.6. The molecule has 2 atom stereocenters. The summed E-state index contributed by atoms with van der Waals surface area (Å²) in [7, 11) is -8.33. The average molecular weight is 709 g/mol. The van der Waals surface area contributed by atoms with Crippen molar-refractivity contribution in [1.29, 1.82) is 0 Å². The number of nitrogens with two attached hydrogens (primary N) is 1. The van der Waals surface area contributed by atoms with Crippen molar-refractivity contribution in [2.24, 2.45) is 5.14 Å². The van der Waals surface area contributed by atoms with E-state index in [0.717, 1.165) is 4.31 Å². The minimum absolute atomic E-state index is 0.0254. The summed E-state index contributed by atoms with van der Waals surface area (Å²) in [5.74, 6) is 0.336. The highest BCUT2D eigenvalue weighted by Crippen LogP contribution is 2.38. The molecule has 2 unspecified atom stereocenters. The van der Waals surface area contributed by atoms with E-state index in [9.17, 15) is 30.4 Å². The summed E-state index contributed by atoms with van der Waals surface area (Å²) >= 11 is 0. The fraction of sp³-hybridized carbons (Fsp3) is 0.419. The first-order valence-corrected chi connectivity index (χ1v) is 19.5. The van der Waals surface area contributed by atoms with E-state index in [4.69, 9.17) is 14.6 Å². The standard InChI is InChI=1S/C31H40N4O9S3/c1-34(2)46(39,40)30-8-4-6-27(18-30)43-22-26(36)20-33-25-19-31(44-21-25)13-15-35(16-14-31)47(41,42)29-7-3-5-24(17-29)23-9-11-28(12-10-23)45(32,37)38/h3-12,17-18,25-26,33,36H,13-16,19-22H2,1-2H3,(H2,32,37,38). The fourth-order valence-electron chi connectivity index (χ4n) is 5.77. The molecule has 0 aromatic heterocycles. The molecule has 2 aliphatic heterocycles. The number of nitrogens with zero attached hydrogens (tertiary/aromatic N) is 2. The molecule has 0 amide bonds. The van der Waals surface area contributed by atoms with Crippen molar-refractivity contribution in [1.82, 2.24) is 13.9 Å². The molecule has 0 aliphatic carbocycles. The highest BCUT2D eigenvalue weighted by atomic mass is 32.2. The number of benzene rings is 3. The van der Waals surface area contributed by atoms with Crippen LogP contribution in [0.15, 0.2) is 87.5 Å². The van der Waals surface area contributed by atoms with Crippen LogP contribution in [0.2, 0.25) is 0 Å². The van der Waals surface area contributed by atoms with Gasteiger partial charge in [-0.2, -0.15) is 4.31 Å². The van der Waals surface area contributed by atoms with E-state index in [1.807, 2.05) is 0 Å². The van der Waals surface area contributed by atoms with Gasteiger partial charge in [-0.15, -0.1) is 0 Å². The molecule has 3 aromatic carbocycles. The van der Waals surface area contributed by atoms with Crippen molar-refractivity contribution in [2.45, 2.75) is 51.7 Å². The number of aliphatic hydroxyl groups excluding tert-OH is 1. The van der Waals surface area contributed by atoms with Gasteiger partial charge in [0, 0.05) is 45.8 Å². The number of nitrogens with one attached hydrogen (secondary N) is 1. The third kappa shape index (κ3) is 8.21. The Morgan fingerprint density at radius 3 is 2.26 bits per heavy atom. The number of primary sulfonamides is 1. The van der Waals surface area contributed by atoms with Crippen LogP contribution in [0.25, 0.3) is 11.1 Å². The van der Waals surface area contributed by atoms with Crippen LogP contribution >= 0.6 is 0 Å². The Balaban J connectivity index is 1.11. The summed E-state index contributed by atoms with van der Waals surface area (Å²) in [6.45, 7) is 1.22. The lowest BCUT2D eigenvalue weighted by Crippen LogP contribution is -2.47. The van der Waals surface area contributed by atoms with Gasteiger partial charge in [0.2, 0.25) is 30.1 Å². The van der Waals surface area contributed by atoms with E-state index in [-0.39, 0.29) is 33.9 Å². The monoisotopic (exact) mass is 708 g/mol. The Bertz CT molecular complexity index is 1890. The summed E-state index contributed by atoms with van der Waals surface area (Å²) in [6.07, 6.45) is 0.867. The lowest BCUT2D eigenvalue weighted by atomic mass is 9.88. The van der Waals surface area contributed by atoms with Gasteiger partial charge in [-0.25, -0.2) is 34.7 Å². The van der Waals surface area contributed by atoms with Crippen molar-refractivity contribution in [3.63, 3.8) is 0 Å². The maximum atomic E-state index is 13.6. The zero-order chi connectivity index (χ0) is 34.0. The van der Waals surface area contributed by atoms with Crippen LogP contribution in [0.1, 0.15) is 19.3 Å². The minimum atomic E-state index is -3.84. The predicted octanol–water partition coefficient (Wildman–Crippen LogP) is 1.59. The molecule has 2 aliphatic rings. The van der Waals surface area contributed by atoms with Gasteiger partial charge in [0.25, 0.3) is 0 Å². The van der Waals surface area contributed by atoms with E-state index in [1.54, 1.807) is 48.5 Å². The molecule has 256 valence electrons. The van der Waals surface area contributed by atoms with E-state index < -0.39 is 41.8 Å². The number of hydrogen-bond donors (Lipinski definition) is 3. The maximum absolute atomic E-state index is 13.6. The first-order valence-electron chi connectivity index (χ1n) is 15.0. The summed E-state index contributed by atoms with van der Waals surface area (Å²) < 4.78 is 89.5. The van der Waals surface area contributed by atoms with Gasteiger partial charge in [-0.05, 0) is 66.8 Å². The Morgan fingerprint density at radius 1 is 0.936 bits per heavy atom. The molecular weight excluding hydrogens is 669 g/mol. The zero-order valence-electron chi connectivity index (χ0n) is 26.1. The Labute approximate surface area is 276 Å². The Hall–Kier alpha value is -2.93. The second kappa shape index (κ2) is 13.9. The van der Waals surface area contributed by atoms with Crippen LogP contribution < -0.4 is 15.2 Å². The minimum Gasteiger partial charge on any atom is -0.491 e. The molecule has 16 heteroatoms. The molecule has 2 saturated heterocycles. The number of ether oxygens (including phenoxy) is 2. The summed E-state index contributed by atoms with van der Waals surface area (Å²) in [5, 5.41) is 19.0. The van der Waals surface area contributed by atoms with Crippen LogP contribution in [0.4, 0.5) is 0 Å². The van der Waals surface area contributed by atoms with Crippen LogP contribution in [-0.2, 0) is 34.8 Å². The highest BCUT2D eigenvalue weighted by molar-refractivity contribution is 7.89. The largest absolute Gasteiger partial charge is 0.491 e. The van der Waals surface area contributed by atoms with Crippen molar-refractivity contribution < 1.29 is 39.8 Å². The van der Waals surface area contributed by atoms with Gasteiger partial charge >= 0.3 is 0 Å². The van der Waals surface area contributed by atoms with Crippen molar-refractivity contribution in [3.8, 4) is 16.9 Å². The van der Waals surface area contributed by atoms with Gasteiger partial charge in [0.1, 0.15) is 18.5 Å². The third-order valence-electron chi connectivity index (χ3n) is 8.50. The Kier molecular flexibility index (Phi) is 10.5. The SMILES string of the molecule is CN(C)S(=O)(=O)c1cccc(OCC(O)CNC2COC3(CCN(S(=O)(=O)c4cccc(-c5ccc(S(N)(=O)=O)cc5)c4)CC3)C2)c1. The lowest BCUT2D eigenvalue weighted by Gasteiger charge is -2.38. The molecular formula is C31H40N4O9S3. The lowest BCUT2D eigenvalue weighted by molar-refractivity contribution is -0.0312. The van der Waals surface area contributed by atoms with Gasteiger partial charge < -0.3 is 19.9 Å². The van der Waals surface area contributed by atoms with E-state index in [0.29, 0.717) is 55.8 Å². The molecule has 0 saturated carbocycles. The fourth-order valence-corrected chi connectivity index (χ4v) is 8.71. The van der Waals surface area contributed by atoms with Gasteiger partial charge in [-0.3, -0.25) is 0 Å². The molecule has 2 heterocycles. The number of sulfonamides is 3. The second-order valence-corrected chi connectivity index (χ2v) is 17.7. The van der Waals surface area contributed by atoms with Crippen LogP contribution in [0.3, 0.4) is 0 Å². The highest BCUT2D eigenvalue weighted by Gasteiger charge is 2.44. The summed E-state index contributed by atoms with van der Waals surface area (Å²) in [6, 6.07) is 18.6. The molecule has 5 rings (SSSR count). The summed E-state index contributed by atoms with van der Waals surface area (Å²) in [5.41, 5.74) is 0.828.